The molecule has 0 spiro atoms. The van der Waals surface area contributed by atoms with E-state index in [9.17, 15) is 19.2 Å². The van der Waals surface area contributed by atoms with E-state index in [0.29, 0.717) is 29.4 Å². The highest BCUT2D eigenvalue weighted by molar-refractivity contribution is 6.30. The summed E-state index contributed by atoms with van der Waals surface area (Å²) >= 11 is 0. The zero-order valence-corrected chi connectivity index (χ0v) is 16.9. The number of amides is 4. The molecule has 4 amide bonds. The maximum Gasteiger partial charge on any atom is 0.343 e. The van der Waals surface area contributed by atoms with Gasteiger partial charge in [-0.3, -0.25) is 19.8 Å². The summed E-state index contributed by atoms with van der Waals surface area (Å²) in [4.78, 5) is 49.4. The largest absolute Gasteiger partial charge is 0.490 e. The van der Waals surface area contributed by atoms with Crippen molar-refractivity contribution in [3.05, 3.63) is 53.5 Å². The molecule has 10 nitrogen and oxygen atoms in total. The van der Waals surface area contributed by atoms with E-state index < -0.39 is 23.8 Å². The second kappa shape index (κ2) is 9.61. The van der Waals surface area contributed by atoms with Crippen molar-refractivity contribution in [2.75, 3.05) is 20.3 Å². The van der Waals surface area contributed by atoms with Gasteiger partial charge in [0.1, 0.15) is 11.3 Å². The molecule has 1 aromatic heterocycles. The van der Waals surface area contributed by atoms with Crippen LogP contribution in [0.3, 0.4) is 0 Å². The van der Waals surface area contributed by atoms with Gasteiger partial charge >= 0.3 is 12.0 Å². The summed E-state index contributed by atoms with van der Waals surface area (Å²) in [6.45, 7) is 1.67. The number of nitrogens with zero attached hydrogens (tertiary/aromatic N) is 1. The summed E-state index contributed by atoms with van der Waals surface area (Å²) in [5.74, 6) is -1.12. The first-order valence-corrected chi connectivity index (χ1v) is 9.30. The number of methoxy groups -OCH3 is 1. The molecular formula is C21H20N2O8. The number of furan rings is 1. The molecule has 162 valence electrons. The Morgan fingerprint density at radius 2 is 1.97 bits per heavy atom. The van der Waals surface area contributed by atoms with Crippen LogP contribution in [0.4, 0.5) is 4.79 Å². The lowest BCUT2D eigenvalue weighted by Crippen LogP contribution is -2.53. The Balaban J connectivity index is 1.86. The van der Waals surface area contributed by atoms with E-state index in [1.165, 1.54) is 25.5 Å². The van der Waals surface area contributed by atoms with Gasteiger partial charge in [-0.1, -0.05) is 6.07 Å². The number of esters is 1. The summed E-state index contributed by atoms with van der Waals surface area (Å²) in [6, 6.07) is 7.08. The number of hydrogen-bond acceptors (Lipinski definition) is 8. The van der Waals surface area contributed by atoms with Crippen LogP contribution in [-0.4, -0.2) is 49.0 Å². The van der Waals surface area contributed by atoms with Gasteiger partial charge in [0.05, 0.1) is 26.5 Å². The van der Waals surface area contributed by atoms with Gasteiger partial charge in [-0.05, 0) is 42.8 Å². The summed E-state index contributed by atoms with van der Waals surface area (Å²) in [6.07, 6.45) is 2.76. The molecule has 3 rings (SSSR count). The van der Waals surface area contributed by atoms with Crippen LogP contribution in [0.2, 0.25) is 0 Å². The quantitative estimate of drug-likeness (QED) is 0.384. The van der Waals surface area contributed by atoms with Crippen LogP contribution < -0.4 is 14.8 Å². The molecule has 1 N–H and O–H groups in total. The minimum Gasteiger partial charge on any atom is -0.490 e. The summed E-state index contributed by atoms with van der Waals surface area (Å²) in [7, 11) is 1.25. The number of carbonyl (C=O) groups excluding carboxylic acids is 4. The highest BCUT2D eigenvalue weighted by Gasteiger charge is 2.36. The first-order chi connectivity index (χ1) is 14.9. The lowest BCUT2D eigenvalue weighted by Gasteiger charge is -2.25. The van der Waals surface area contributed by atoms with Gasteiger partial charge in [0.15, 0.2) is 18.1 Å². The second-order valence-electron chi connectivity index (χ2n) is 6.29. The Kier molecular flexibility index (Phi) is 6.71. The molecule has 10 heteroatoms. The van der Waals surface area contributed by atoms with Crippen molar-refractivity contribution in [2.24, 2.45) is 0 Å². The zero-order valence-electron chi connectivity index (χ0n) is 16.9. The van der Waals surface area contributed by atoms with Gasteiger partial charge in [-0.15, -0.1) is 0 Å². The summed E-state index contributed by atoms with van der Waals surface area (Å²) < 4.78 is 20.6. The fourth-order valence-electron chi connectivity index (χ4n) is 2.76. The van der Waals surface area contributed by atoms with Crippen molar-refractivity contribution < 1.29 is 37.8 Å². The molecule has 0 bridgehead atoms. The molecule has 0 radical (unpaired) electrons. The monoisotopic (exact) mass is 428 g/mol. The molecule has 1 aliphatic rings. The molecule has 31 heavy (non-hydrogen) atoms. The van der Waals surface area contributed by atoms with Crippen molar-refractivity contribution in [3.8, 4) is 11.5 Å². The van der Waals surface area contributed by atoms with Gasteiger partial charge in [-0.25, -0.2) is 9.59 Å². The van der Waals surface area contributed by atoms with Gasteiger partial charge in [0.2, 0.25) is 0 Å². The lowest BCUT2D eigenvalue weighted by molar-refractivity contribution is -0.143. The smallest absolute Gasteiger partial charge is 0.343 e. The maximum absolute atomic E-state index is 12.8. The average Bonchev–Trinajstić information content (AvgIpc) is 3.27. The molecule has 2 heterocycles. The number of nitrogens with one attached hydrogen (secondary N) is 1. The highest BCUT2D eigenvalue weighted by atomic mass is 16.6. The first-order valence-electron chi connectivity index (χ1n) is 9.30. The Morgan fingerprint density at radius 3 is 2.65 bits per heavy atom. The maximum atomic E-state index is 12.8. The number of urea groups is 1. The lowest BCUT2D eigenvalue weighted by atomic mass is 10.1. The highest BCUT2D eigenvalue weighted by Crippen LogP contribution is 2.30. The van der Waals surface area contributed by atoms with Crippen molar-refractivity contribution >= 4 is 29.9 Å². The molecule has 1 aliphatic heterocycles. The van der Waals surface area contributed by atoms with E-state index in [-0.39, 0.29) is 18.7 Å². The van der Waals surface area contributed by atoms with E-state index in [2.05, 4.69) is 10.1 Å². The van der Waals surface area contributed by atoms with Crippen LogP contribution >= 0.6 is 0 Å². The van der Waals surface area contributed by atoms with Crippen LogP contribution in [0, 0.1) is 0 Å². The van der Waals surface area contributed by atoms with Crippen molar-refractivity contribution in [2.45, 2.75) is 13.5 Å². The zero-order chi connectivity index (χ0) is 22.4. The predicted molar refractivity (Wildman–Crippen MR) is 106 cm³/mol. The van der Waals surface area contributed by atoms with Crippen molar-refractivity contribution in [1.82, 2.24) is 10.2 Å². The van der Waals surface area contributed by atoms with E-state index in [0.717, 1.165) is 4.90 Å². The Hall–Kier alpha value is -4.08. The third-order valence-electron chi connectivity index (χ3n) is 4.23. The molecule has 1 aromatic carbocycles. The van der Waals surface area contributed by atoms with Crippen molar-refractivity contribution in [3.63, 3.8) is 0 Å². The number of carbonyl (C=O) groups is 4. The van der Waals surface area contributed by atoms with Gasteiger partial charge in [0, 0.05) is 0 Å². The number of hydrogen-bond donors (Lipinski definition) is 1. The number of imide groups is 2. The van der Waals surface area contributed by atoms with Gasteiger partial charge in [-0.2, -0.15) is 0 Å². The number of ether oxygens (including phenoxy) is 3. The van der Waals surface area contributed by atoms with Crippen LogP contribution in [0.25, 0.3) is 6.08 Å². The van der Waals surface area contributed by atoms with E-state index in [4.69, 9.17) is 13.9 Å². The third-order valence-corrected chi connectivity index (χ3v) is 4.23. The Labute approximate surface area is 177 Å². The molecular weight excluding hydrogens is 408 g/mol. The summed E-state index contributed by atoms with van der Waals surface area (Å²) in [5, 5.41) is 2.14. The number of barbiturate groups is 1. The number of rotatable bonds is 8. The average molecular weight is 428 g/mol. The number of benzene rings is 1. The van der Waals surface area contributed by atoms with Gasteiger partial charge in [0.25, 0.3) is 11.8 Å². The molecule has 0 atom stereocenters. The fraction of sp³-hybridized carbons (Fsp3) is 0.238. The summed E-state index contributed by atoms with van der Waals surface area (Å²) in [5.41, 5.74) is 0.233. The van der Waals surface area contributed by atoms with Crippen LogP contribution in [-0.2, 0) is 25.7 Å². The molecule has 0 saturated carbocycles. The Bertz CT molecular complexity index is 1030. The van der Waals surface area contributed by atoms with Gasteiger partial charge < -0.3 is 18.6 Å². The van der Waals surface area contributed by atoms with Crippen LogP contribution in [0.15, 0.2) is 46.6 Å². The fourth-order valence-corrected chi connectivity index (χ4v) is 2.76. The topological polar surface area (TPSA) is 124 Å². The Morgan fingerprint density at radius 1 is 1.16 bits per heavy atom. The van der Waals surface area contributed by atoms with Crippen LogP contribution in [0.5, 0.6) is 11.5 Å². The normalized spacial score (nSPS) is 15.1. The second-order valence-corrected chi connectivity index (χ2v) is 6.29. The minimum atomic E-state index is -0.829. The van der Waals surface area contributed by atoms with E-state index >= 15 is 0 Å². The standard InChI is InChI=1S/C21H20N2O8/c1-3-29-17-10-13(6-7-16(17)31-12-18(24)28-2)9-15-19(25)22-21(27)23(20(15)26)11-14-5-4-8-30-14/h4-10H,3,11-12H2,1-2H3,(H,22,25,27)/b15-9+. The van der Waals surface area contributed by atoms with E-state index in [1.807, 2.05) is 0 Å². The predicted octanol–water partition coefficient (Wildman–Crippen LogP) is 1.89. The molecule has 1 fully saturated rings. The molecule has 1 saturated heterocycles. The minimum absolute atomic E-state index is 0.118. The van der Waals surface area contributed by atoms with Crippen molar-refractivity contribution in [1.29, 1.82) is 0 Å². The van der Waals surface area contributed by atoms with E-state index in [1.54, 1.807) is 31.2 Å². The molecule has 2 aromatic rings. The third kappa shape index (κ3) is 5.10. The molecule has 0 unspecified atom stereocenters. The first kappa shape index (κ1) is 21.6. The van der Waals surface area contributed by atoms with Crippen LogP contribution in [0.1, 0.15) is 18.2 Å². The molecule has 0 aliphatic carbocycles. The SMILES string of the molecule is CCOc1cc(/C=C2\C(=O)NC(=O)N(Cc3ccco3)C2=O)ccc1OCC(=O)OC.